The number of hydrogen-bond donors (Lipinski definition) is 1. The molecule has 0 aliphatic rings. The molecule has 4 heteroatoms. The van der Waals surface area contributed by atoms with Gasteiger partial charge in [0.05, 0.1) is 11.7 Å². The summed E-state index contributed by atoms with van der Waals surface area (Å²) in [5.74, 6) is 1.03. The van der Waals surface area contributed by atoms with Crippen LogP contribution in [0.4, 0.5) is 0 Å². The molecule has 3 heterocycles. The van der Waals surface area contributed by atoms with Crippen molar-refractivity contribution in [2.45, 2.75) is 6.42 Å². The van der Waals surface area contributed by atoms with Gasteiger partial charge in [0.25, 0.3) is 0 Å². The van der Waals surface area contributed by atoms with E-state index in [1.54, 1.807) is 11.3 Å². The second-order valence-electron chi connectivity index (χ2n) is 3.90. The van der Waals surface area contributed by atoms with Gasteiger partial charge in [-0.1, -0.05) is 6.07 Å². The zero-order valence-electron chi connectivity index (χ0n) is 9.34. The summed E-state index contributed by atoms with van der Waals surface area (Å²) in [5.41, 5.74) is 7.93. The molecule has 0 saturated heterocycles. The van der Waals surface area contributed by atoms with Gasteiger partial charge in [-0.2, -0.15) is 0 Å². The van der Waals surface area contributed by atoms with Gasteiger partial charge >= 0.3 is 0 Å². The fourth-order valence-corrected chi connectivity index (χ4v) is 2.69. The van der Waals surface area contributed by atoms with Crippen LogP contribution in [0.5, 0.6) is 0 Å². The van der Waals surface area contributed by atoms with Crippen LogP contribution in [0.2, 0.25) is 0 Å². The highest BCUT2D eigenvalue weighted by atomic mass is 32.1. The van der Waals surface area contributed by atoms with Gasteiger partial charge in [-0.05, 0) is 35.7 Å². The maximum atomic E-state index is 5.57. The molecule has 3 aromatic heterocycles. The molecule has 3 nitrogen and oxygen atoms in total. The Hall–Kier alpha value is -1.65. The summed E-state index contributed by atoms with van der Waals surface area (Å²) < 4.78 is 2.10. The number of pyridine rings is 1. The van der Waals surface area contributed by atoms with E-state index in [9.17, 15) is 0 Å². The van der Waals surface area contributed by atoms with Gasteiger partial charge in [0, 0.05) is 17.5 Å². The third kappa shape index (κ3) is 1.85. The molecule has 0 fully saturated rings. The van der Waals surface area contributed by atoms with Crippen LogP contribution in [-0.2, 0) is 6.42 Å². The maximum absolute atomic E-state index is 5.57. The molecule has 0 saturated carbocycles. The van der Waals surface area contributed by atoms with Crippen LogP contribution in [0.25, 0.3) is 16.0 Å². The van der Waals surface area contributed by atoms with Crippen molar-refractivity contribution < 1.29 is 0 Å². The minimum absolute atomic E-state index is 0.631. The van der Waals surface area contributed by atoms with Gasteiger partial charge in [-0.15, -0.1) is 11.3 Å². The van der Waals surface area contributed by atoms with Crippen LogP contribution in [0.3, 0.4) is 0 Å². The van der Waals surface area contributed by atoms with E-state index in [-0.39, 0.29) is 0 Å². The van der Waals surface area contributed by atoms with Crippen LogP contribution in [0.15, 0.2) is 42.0 Å². The Morgan fingerprint density at radius 1 is 1.35 bits per heavy atom. The van der Waals surface area contributed by atoms with Gasteiger partial charge in [-0.25, -0.2) is 4.98 Å². The Kier molecular flexibility index (Phi) is 2.66. The van der Waals surface area contributed by atoms with E-state index < -0.39 is 0 Å². The van der Waals surface area contributed by atoms with Crippen LogP contribution < -0.4 is 5.73 Å². The molecule has 3 rings (SSSR count). The van der Waals surface area contributed by atoms with Crippen LogP contribution >= 0.6 is 11.3 Å². The van der Waals surface area contributed by atoms with Crippen LogP contribution in [0.1, 0.15) is 5.82 Å². The van der Waals surface area contributed by atoms with Crippen LogP contribution in [-0.4, -0.2) is 15.9 Å². The highest BCUT2D eigenvalue weighted by molar-refractivity contribution is 7.13. The normalized spacial score (nSPS) is 11.1. The summed E-state index contributed by atoms with van der Waals surface area (Å²) in [7, 11) is 0. The molecule has 3 aromatic rings. The number of nitrogens with zero attached hydrogens (tertiary/aromatic N) is 2. The molecule has 17 heavy (non-hydrogen) atoms. The molecular formula is C13H13N3S. The Morgan fingerprint density at radius 3 is 3.06 bits per heavy atom. The Balaban J connectivity index is 2.09. The summed E-state index contributed by atoms with van der Waals surface area (Å²) in [5, 5.41) is 2.09. The predicted molar refractivity (Wildman–Crippen MR) is 71.3 cm³/mol. The summed E-state index contributed by atoms with van der Waals surface area (Å²) in [6, 6.07) is 8.49. The topological polar surface area (TPSA) is 43.3 Å². The van der Waals surface area contributed by atoms with Gasteiger partial charge in [0.2, 0.25) is 0 Å². The number of aromatic nitrogens is 2. The van der Waals surface area contributed by atoms with E-state index in [1.807, 2.05) is 6.20 Å². The van der Waals surface area contributed by atoms with E-state index in [0.29, 0.717) is 6.54 Å². The van der Waals surface area contributed by atoms with E-state index in [2.05, 4.69) is 45.2 Å². The quantitative estimate of drug-likeness (QED) is 0.768. The lowest BCUT2D eigenvalue weighted by Gasteiger charge is -2.02. The summed E-state index contributed by atoms with van der Waals surface area (Å²) in [4.78, 5) is 5.68. The monoisotopic (exact) mass is 243 g/mol. The molecule has 0 bridgehead atoms. The van der Waals surface area contributed by atoms with Crippen molar-refractivity contribution in [3.05, 3.63) is 47.9 Å². The second-order valence-corrected chi connectivity index (χ2v) is 4.85. The first-order valence-corrected chi connectivity index (χ1v) is 6.46. The maximum Gasteiger partial charge on any atom is 0.114 e. The molecule has 0 aromatic carbocycles. The zero-order valence-corrected chi connectivity index (χ0v) is 10.2. The smallest absolute Gasteiger partial charge is 0.114 e. The molecule has 0 radical (unpaired) electrons. The third-order valence-corrected chi connectivity index (χ3v) is 3.70. The zero-order chi connectivity index (χ0) is 11.7. The molecular weight excluding hydrogens is 230 g/mol. The van der Waals surface area contributed by atoms with E-state index in [0.717, 1.165) is 17.8 Å². The minimum atomic E-state index is 0.631. The largest absolute Gasteiger partial charge is 0.330 e. The molecule has 0 amide bonds. The van der Waals surface area contributed by atoms with Crippen molar-refractivity contribution in [1.82, 2.24) is 9.38 Å². The molecule has 0 unspecified atom stereocenters. The molecule has 0 spiro atoms. The SMILES string of the molecule is NCCc1ncc2cc(-c3cccs3)ccn12. The minimum Gasteiger partial charge on any atom is -0.330 e. The first kappa shape index (κ1) is 10.5. The van der Waals surface area contributed by atoms with Gasteiger partial charge < -0.3 is 10.1 Å². The fraction of sp³-hybridized carbons (Fsp3) is 0.154. The number of nitrogens with two attached hydrogens (primary N) is 1. The first-order chi connectivity index (χ1) is 8.38. The number of thiophene rings is 1. The highest BCUT2D eigenvalue weighted by Crippen LogP contribution is 2.25. The molecule has 0 aliphatic heterocycles. The predicted octanol–water partition coefficient (Wildman–Crippen LogP) is 2.56. The lowest BCUT2D eigenvalue weighted by atomic mass is 10.2. The molecule has 0 aliphatic carbocycles. The van der Waals surface area contributed by atoms with Gasteiger partial charge in [0.15, 0.2) is 0 Å². The summed E-state index contributed by atoms with van der Waals surface area (Å²) in [6.45, 7) is 0.631. The van der Waals surface area contributed by atoms with Crippen molar-refractivity contribution in [2.75, 3.05) is 6.54 Å². The van der Waals surface area contributed by atoms with E-state index >= 15 is 0 Å². The van der Waals surface area contributed by atoms with Crippen LogP contribution in [0, 0.1) is 0 Å². The second kappa shape index (κ2) is 4.31. The van der Waals surface area contributed by atoms with E-state index in [1.165, 1.54) is 10.4 Å². The average molecular weight is 243 g/mol. The number of hydrogen-bond acceptors (Lipinski definition) is 3. The third-order valence-electron chi connectivity index (χ3n) is 2.78. The summed E-state index contributed by atoms with van der Waals surface area (Å²) >= 11 is 1.75. The van der Waals surface area contributed by atoms with Crippen molar-refractivity contribution in [3.63, 3.8) is 0 Å². The number of imidazole rings is 1. The van der Waals surface area contributed by atoms with Gasteiger partial charge in [-0.3, -0.25) is 0 Å². The van der Waals surface area contributed by atoms with Crippen molar-refractivity contribution in [1.29, 1.82) is 0 Å². The average Bonchev–Trinajstić information content (AvgIpc) is 2.98. The first-order valence-electron chi connectivity index (χ1n) is 5.58. The summed E-state index contributed by atoms with van der Waals surface area (Å²) in [6.07, 6.45) is 4.79. The molecule has 86 valence electrons. The fourth-order valence-electron chi connectivity index (χ4n) is 1.97. The van der Waals surface area contributed by atoms with Crippen molar-refractivity contribution in [2.24, 2.45) is 5.73 Å². The van der Waals surface area contributed by atoms with E-state index in [4.69, 9.17) is 5.73 Å². The van der Waals surface area contributed by atoms with Gasteiger partial charge in [0.1, 0.15) is 5.82 Å². The number of fused-ring (bicyclic) bond motifs is 1. The standard InChI is InChI=1S/C13H13N3S/c14-5-3-13-15-9-11-8-10(4-6-16(11)13)12-2-1-7-17-12/h1-2,4,6-9H,3,5,14H2. The Morgan fingerprint density at radius 2 is 2.29 bits per heavy atom. The highest BCUT2D eigenvalue weighted by Gasteiger charge is 2.04. The molecule has 0 atom stereocenters. The Labute approximate surface area is 104 Å². The Bertz CT molecular complexity index is 625. The lowest BCUT2D eigenvalue weighted by molar-refractivity contribution is 0.863. The molecule has 2 N–H and O–H groups in total. The van der Waals surface area contributed by atoms with Crippen molar-refractivity contribution in [3.8, 4) is 10.4 Å². The number of rotatable bonds is 3. The van der Waals surface area contributed by atoms with Crippen molar-refractivity contribution >= 4 is 16.9 Å². The lowest BCUT2D eigenvalue weighted by Crippen LogP contribution is -2.06.